The summed E-state index contributed by atoms with van der Waals surface area (Å²) in [5.41, 5.74) is 1.63. The van der Waals surface area contributed by atoms with Crippen LogP contribution in [0.5, 0.6) is 5.88 Å². The van der Waals surface area contributed by atoms with Crippen molar-refractivity contribution in [2.45, 2.75) is 19.8 Å². The largest absolute Gasteiger partial charge is 0.493 e. The molecule has 1 aromatic carbocycles. The van der Waals surface area contributed by atoms with Gasteiger partial charge in [-0.1, -0.05) is 26.0 Å². The van der Waals surface area contributed by atoms with Gasteiger partial charge in [-0.15, -0.1) is 0 Å². The maximum atomic E-state index is 11.1. The fourth-order valence-corrected chi connectivity index (χ4v) is 1.59. The van der Waals surface area contributed by atoms with Gasteiger partial charge in [0.2, 0.25) is 11.8 Å². The van der Waals surface area contributed by atoms with Crippen LogP contribution >= 0.6 is 0 Å². The number of anilines is 2. The van der Waals surface area contributed by atoms with Crippen LogP contribution in [-0.4, -0.2) is 15.1 Å². The van der Waals surface area contributed by atoms with E-state index >= 15 is 0 Å². The van der Waals surface area contributed by atoms with Crippen molar-refractivity contribution in [3.8, 4) is 5.88 Å². The maximum absolute atomic E-state index is 11.1. The van der Waals surface area contributed by atoms with E-state index in [9.17, 15) is 9.90 Å². The molecule has 5 heteroatoms. The number of rotatable bonds is 3. The van der Waals surface area contributed by atoms with E-state index in [-0.39, 0.29) is 11.8 Å². The van der Waals surface area contributed by atoms with E-state index in [1.807, 2.05) is 24.3 Å². The number of nitrogens with one attached hydrogen (secondary N) is 2. The fraction of sp³-hybridized carbons (Fsp3) is 0.231. The molecule has 2 rings (SSSR count). The summed E-state index contributed by atoms with van der Waals surface area (Å²) >= 11 is 0. The van der Waals surface area contributed by atoms with Gasteiger partial charge in [0.25, 0.3) is 5.56 Å². The third kappa shape index (κ3) is 2.88. The second kappa shape index (κ2) is 4.91. The molecule has 18 heavy (non-hydrogen) atoms. The minimum Gasteiger partial charge on any atom is -0.493 e. The molecule has 0 aliphatic rings. The van der Waals surface area contributed by atoms with Crippen LogP contribution in [0.1, 0.15) is 25.3 Å². The standard InChI is InChI=1S/C13H15N3O2/c1-8(2)9-3-5-10(6-4-9)14-13-15-11(17)7-12(18)16-13/h3-8H,1-2H3,(H3,14,15,16,17,18). The van der Waals surface area contributed by atoms with Crippen LogP contribution in [0, 0.1) is 0 Å². The molecule has 0 saturated heterocycles. The summed E-state index contributed by atoms with van der Waals surface area (Å²) in [6.07, 6.45) is 0. The summed E-state index contributed by atoms with van der Waals surface area (Å²) < 4.78 is 0. The first-order valence-corrected chi connectivity index (χ1v) is 5.72. The van der Waals surface area contributed by atoms with E-state index in [4.69, 9.17) is 0 Å². The Morgan fingerprint density at radius 2 is 1.94 bits per heavy atom. The fourth-order valence-electron chi connectivity index (χ4n) is 1.59. The highest BCUT2D eigenvalue weighted by atomic mass is 16.3. The van der Waals surface area contributed by atoms with Crippen molar-refractivity contribution in [2.75, 3.05) is 5.32 Å². The highest BCUT2D eigenvalue weighted by Gasteiger charge is 2.02. The Morgan fingerprint density at radius 1 is 1.28 bits per heavy atom. The molecule has 1 aromatic heterocycles. The van der Waals surface area contributed by atoms with Gasteiger partial charge in [-0.25, -0.2) is 0 Å². The second-order valence-corrected chi connectivity index (χ2v) is 4.35. The Balaban J connectivity index is 2.20. The van der Waals surface area contributed by atoms with Crippen molar-refractivity contribution in [2.24, 2.45) is 0 Å². The first-order chi connectivity index (χ1) is 8.54. The predicted molar refractivity (Wildman–Crippen MR) is 70.3 cm³/mol. The van der Waals surface area contributed by atoms with Gasteiger partial charge in [0.05, 0.1) is 6.07 Å². The van der Waals surface area contributed by atoms with Gasteiger partial charge >= 0.3 is 0 Å². The van der Waals surface area contributed by atoms with E-state index in [0.717, 1.165) is 11.8 Å². The first-order valence-electron chi connectivity index (χ1n) is 5.72. The summed E-state index contributed by atoms with van der Waals surface area (Å²) in [5, 5.41) is 12.1. The number of aromatic hydroxyl groups is 1. The zero-order chi connectivity index (χ0) is 13.1. The third-order valence-corrected chi connectivity index (χ3v) is 2.57. The molecule has 0 atom stereocenters. The zero-order valence-corrected chi connectivity index (χ0v) is 10.3. The van der Waals surface area contributed by atoms with Gasteiger partial charge < -0.3 is 10.4 Å². The zero-order valence-electron chi connectivity index (χ0n) is 10.3. The number of hydrogen-bond acceptors (Lipinski definition) is 4. The van der Waals surface area contributed by atoms with E-state index in [1.165, 1.54) is 5.56 Å². The van der Waals surface area contributed by atoms with Crippen molar-refractivity contribution in [3.63, 3.8) is 0 Å². The lowest BCUT2D eigenvalue weighted by Crippen LogP contribution is -2.08. The number of aromatic nitrogens is 2. The summed E-state index contributed by atoms with van der Waals surface area (Å²) in [6, 6.07) is 8.84. The van der Waals surface area contributed by atoms with Crippen molar-refractivity contribution < 1.29 is 5.11 Å². The lowest BCUT2D eigenvalue weighted by atomic mass is 10.0. The average Bonchev–Trinajstić information content (AvgIpc) is 2.28. The molecule has 0 fully saturated rings. The van der Waals surface area contributed by atoms with E-state index in [1.54, 1.807) is 0 Å². The van der Waals surface area contributed by atoms with Crippen LogP contribution in [0.15, 0.2) is 35.1 Å². The number of H-pyrrole nitrogens is 1. The summed E-state index contributed by atoms with van der Waals surface area (Å²) in [4.78, 5) is 17.4. The van der Waals surface area contributed by atoms with Gasteiger partial charge in [0.15, 0.2) is 0 Å². The average molecular weight is 245 g/mol. The number of benzene rings is 1. The quantitative estimate of drug-likeness (QED) is 0.775. The molecule has 0 unspecified atom stereocenters. The van der Waals surface area contributed by atoms with Gasteiger partial charge in [-0.2, -0.15) is 4.98 Å². The normalized spacial score (nSPS) is 10.6. The van der Waals surface area contributed by atoms with Gasteiger partial charge in [0.1, 0.15) is 0 Å². The minimum absolute atomic E-state index is 0.220. The molecule has 1 heterocycles. The van der Waals surface area contributed by atoms with Crippen LogP contribution in [0.25, 0.3) is 0 Å². The Kier molecular flexibility index (Phi) is 3.32. The van der Waals surface area contributed by atoms with Crippen LogP contribution in [0.3, 0.4) is 0 Å². The SMILES string of the molecule is CC(C)c1ccc(Nc2nc(O)cc(=O)[nH]2)cc1. The molecule has 0 aliphatic heterocycles. The Morgan fingerprint density at radius 3 is 2.50 bits per heavy atom. The summed E-state index contributed by atoms with van der Waals surface area (Å²) in [7, 11) is 0. The first kappa shape index (κ1) is 12.2. The highest BCUT2D eigenvalue weighted by molar-refractivity contribution is 5.53. The van der Waals surface area contributed by atoms with Crippen LogP contribution < -0.4 is 10.9 Å². The molecular formula is C13H15N3O2. The Labute approximate surface area is 105 Å². The van der Waals surface area contributed by atoms with Crippen LogP contribution in [0.4, 0.5) is 11.6 Å². The molecule has 2 aromatic rings. The molecule has 0 saturated carbocycles. The lowest BCUT2D eigenvalue weighted by molar-refractivity contribution is 0.452. The van der Waals surface area contributed by atoms with Crippen molar-refractivity contribution in [3.05, 3.63) is 46.2 Å². The topological polar surface area (TPSA) is 78.0 Å². The molecule has 94 valence electrons. The summed E-state index contributed by atoms with van der Waals surface area (Å²) in [6.45, 7) is 4.24. The molecule has 0 bridgehead atoms. The van der Waals surface area contributed by atoms with E-state index < -0.39 is 5.56 Å². The van der Waals surface area contributed by atoms with Crippen molar-refractivity contribution in [1.29, 1.82) is 0 Å². The van der Waals surface area contributed by atoms with Crippen LogP contribution in [0.2, 0.25) is 0 Å². The molecule has 3 N–H and O–H groups in total. The summed E-state index contributed by atoms with van der Waals surface area (Å²) in [5.74, 6) is 0.384. The van der Waals surface area contributed by atoms with Gasteiger partial charge in [-0.05, 0) is 23.6 Å². The van der Waals surface area contributed by atoms with Crippen molar-refractivity contribution in [1.82, 2.24) is 9.97 Å². The predicted octanol–water partition coefficient (Wildman–Crippen LogP) is 2.34. The molecular weight excluding hydrogens is 230 g/mol. The molecule has 5 nitrogen and oxygen atoms in total. The lowest BCUT2D eigenvalue weighted by Gasteiger charge is -2.08. The smallest absolute Gasteiger partial charge is 0.256 e. The Bertz CT molecular complexity index is 588. The second-order valence-electron chi connectivity index (χ2n) is 4.35. The number of aromatic amines is 1. The Hall–Kier alpha value is -2.30. The van der Waals surface area contributed by atoms with Gasteiger partial charge in [0, 0.05) is 5.69 Å². The van der Waals surface area contributed by atoms with Crippen molar-refractivity contribution >= 4 is 11.6 Å². The molecule has 0 spiro atoms. The molecule has 0 radical (unpaired) electrons. The van der Waals surface area contributed by atoms with Crippen LogP contribution in [-0.2, 0) is 0 Å². The highest BCUT2D eigenvalue weighted by Crippen LogP contribution is 2.19. The minimum atomic E-state index is -0.399. The molecule has 0 aliphatic carbocycles. The van der Waals surface area contributed by atoms with E-state index in [2.05, 4.69) is 29.1 Å². The molecule has 0 amide bonds. The number of nitrogens with zero attached hydrogens (tertiary/aromatic N) is 1. The monoisotopic (exact) mass is 245 g/mol. The van der Waals surface area contributed by atoms with Gasteiger partial charge in [-0.3, -0.25) is 9.78 Å². The number of hydrogen-bond donors (Lipinski definition) is 3. The van der Waals surface area contributed by atoms with E-state index in [0.29, 0.717) is 5.92 Å². The third-order valence-electron chi connectivity index (χ3n) is 2.57. The maximum Gasteiger partial charge on any atom is 0.256 e.